The van der Waals surface area contributed by atoms with Crippen LogP contribution in [0.4, 0.5) is 0 Å². The molecule has 0 aliphatic rings. The Balaban J connectivity index is 2.15. The molecule has 0 aliphatic carbocycles. The Labute approximate surface area is 181 Å². The fourth-order valence-corrected chi connectivity index (χ4v) is 4.51. The second kappa shape index (κ2) is 9.30. The van der Waals surface area contributed by atoms with Crippen LogP contribution < -0.4 is 14.3 Å². The van der Waals surface area contributed by atoms with Crippen molar-refractivity contribution < 1.29 is 14.3 Å². The summed E-state index contributed by atoms with van der Waals surface area (Å²) < 4.78 is 12.7. The SMILES string of the molecule is CCc1sc(=NC(=O)c2cc(OC)cc(OC)c2)n(CC)c1-c1ccc(C)c(C)c1. The van der Waals surface area contributed by atoms with Gasteiger partial charge in [-0.2, -0.15) is 4.99 Å². The fourth-order valence-electron chi connectivity index (χ4n) is 3.36. The van der Waals surface area contributed by atoms with Crippen molar-refractivity contribution in [3.8, 4) is 22.8 Å². The number of thiazole rings is 1. The summed E-state index contributed by atoms with van der Waals surface area (Å²) in [6.45, 7) is 9.18. The highest BCUT2D eigenvalue weighted by molar-refractivity contribution is 7.09. The van der Waals surface area contributed by atoms with Gasteiger partial charge in [-0.3, -0.25) is 4.79 Å². The molecule has 5 nitrogen and oxygen atoms in total. The summed E-state index contributed by atoms with van der Waals surface area (Å²) >= 11 is 1.57. The monoisotopic (exact) mass is 424 g/mol. The van der Waals surface area contributed by atoms with Gasteiger partial charge in [-0.15, -0.1) is 11.3 Å². The van der Waals surface area contributed by atoms with Gasteiger partial charge >= 0.3 is 0 Å². The van der Waals surface area contributed by atoms with Gasteiger partial charge in [-0.25, -0.2) is 0 Å². The van der Waals surface area contributed by atoms with Gasteiger partial charge in [0.05, 0.1) is 19.9 Å². The summed E-state index contributed by atoms with van der Waals surface area (Å²) in [6, 6.07) is 11.6. The largest absolute Gasteiger partial charge is 0.497 e. The third kappa shape index (κ3) is 4.33. The van der Waals surface area contributed by atoms with Gasteiger partial charge in [0, 0.05) is 23.1 Å². The number of nitrogens with zero attached hydrogens (tertiary/aromatic N) is 2. The van der Waals surface area contributed by atoms with E-state index >= 15 is 0 Å². The summed E-state index contributed by atoms with van der Waals surface area (Å²) in [6.07, 6.45) is 0.879. The molecule has 3 rings (SSSR count). The van der Waals surface area contributed by atoms with E-state index in [1.165, 1.54) is 16.0 Å². The van der Waals surface area contributed by atoms with Crippen molar-refractivity contribution in [3.05, 3.63) is 62.8 Å². The van der Waals surface area contributed by atoms with Gasteiger partial charge in [0.2, 0.25) is 0 Å². The number of aromatic nitrogens is 1. The van der Waals surface area contributed by atoms with E-state index in [-0.39, 0.29) is 5.91 Å². The van der Waals surface area contributed by atoms with Crippen molar-refractivity contribution >= 4 is 17.2 Å². The van der Waals surface area contributed by atoms with Crippen molar-refractivity contribution in [3.63, 3.8) is 0 Å². The second-order valence-corrected chi connectivity index (χ2v) is 8.13. The van der Waals surface area contributed by atoms with Gasteiger partial charge in [-0.05, 0) is 62.1 Å². The van der Waals surface area contributed by atoms with Crippen molar-refractivity contribution in [1.29, 1.82) is 0 Å². The highest BCUT2D eigenvalue weighted by atomic mass is 32.1. The molecule has 3 aromatic rings. The first-order valence-corrected chi connectivity index (χ1v) is 10.9. The molecule has 6 heteroatoms. The lowest BCUT2D eigenvalue weighted by molar-refractivity contribution is 0.0997. The van der Waals surface area contributed by atoms with Gasteiger partial charge in [0.15, 0.2) is 4.80 Å². The van der Waals surface area contributed by atoms with Crippen molar-refractivity contribution in [2.75, 3.05) is 14.2 Å². The standard InChI is InChI=1S/C24H28N2O3S/c1-7-21-22(17-10-9-15(3)16(4)11-17)26(8-2)24(30-21)25-23(27)18-12-19(28-5)14-20(13-18)29-6/h9-14H,7-8H2,1-6H3. The number of aryl methyl sites for hydroxylation is 3. The van der Waals surface area contributed by atoms with Crippen LogP contribution in [0.25, 0.3) is 11.3 Å². The number of hydrogen-bond donors (Lipinski definition) is 0. The molecule has 0 radical (unpaired) electrons. The lowest BCUT2D eigenvalue weighted by Gasteiger charge is -2.10. The molecule has 1 heterocycles. The van der Waals surface area contributed by atoms with E-state index in [4.69, 9.17) is 9.47 Å². The van der Waals surface area contributed by atoms with Gasteiger partial charge in [0.25, 0.3) is 5.91 Å². The Morgan fingerprint density at radius 2 is 1.67 bits per heavy atom. The highest BCUT2D eigenvalue weighted by Crippen LogP contribution is 2.28. The van der Waals surface area contributed by atoms with Crippen LogP contribution in [0.3, 0.4) is 0 Å². The normalized spacial score (nSPS) is 11.6. The molecule has 0 saturated heterocycles. The topological polar surface area (TPSA) is 52.8 Å². The van der Waals surface area contributed by atoms with Crippen LogP contribution in [0.5, 0.6) is 11.5 Å². The van der Waals surface area contributed by atoms with Crippen LogP contribution in [0.1, 0.15) is 40.2 Å². The van der Waals surface area contributed by atoms with E-state index in [1.54, 1.807) is 43.8 Å². The molecule has 0 atom stereocenters. The quantitative estimate of drug-likeness (QED) is 0.548. The number of amides is 1. The maximum absolute atomic E-state index is 13.0. The Hall–Kier alpha value is -2.86. The fraction of sp³-hybridized carbons (Fsp3) is 0.333. The first-order chi connectivity index (χ1) is 14.4. The zero-order valence-electron chi connectivity index (χ0n) is 18.4. The summed E-state index contributed by atoms with van der Waals surface area (Å²) in [5.74, 6) is 0.810. The third-order valence-electron chi connectivity index (χ3n) is 5.19. The first kappa shape index (κ1) is 21.8. The molecule has 0 aliphatic heterocycles. The van der Waals surface area contributed by atoms with Gasteiger partial charge in [-0.1, -0.05) is 19.1 Å². The number of carbonyl (C=O) groups excluding carboxylic acids is 1. The number of ether oxygens (including phenoxy) is 2. The minimum atomic E-state index is -0.315. The molecule has 0 N–H and O–H groups in total. The Morgan fingerprint density at radius 3 is 2.20 bits per heavy atom. The van der Waals surface area contributed by atoms with Crippen molar-refractivity contribution in [1.82, 2.24) is 4.57 Å². The third-order valence-corrected chi connectivity index (χ3v) is 6.42. The average Bonchev–Trinajstić information content (AvgIpc) is 3.12. The van der Waals surface area contributed by atoms with E-state index in [0.29, 0.717) is 21.9 Å². The summed E-state index contributed by atoms with van der Waals surface area (Å²) in [5.41, 5.74) is 5.25. The highest BCUT2D eigenvalue weighted by Gasteiger charge is 2.16. The zero-order valence-corrected chi connectivity index (χ0v) is 19.2. The predicted molar refractivity (Wildman–Crippen MR) is 122 cm³/mol. The molecule has 30 heavy (non-hydrogen) atoms. The summed E-state index contributed by atoms with van der Waals surface area (Å²) in [4.78, 5) is 19.4. The Kier molecular flexibility index (Phi) is 6.77. The number of rotatable bonds is 6. The maximum atomic E-state index is 13.0. The summed E-state index contributed by atoms with van der Waals surface area (Å²) in [7, 11) is 3.13. The molecular formula is C24H28N2O3S. The van der Waals surface area contributed by atoms with Crippen LogP contribution in [0.15, 0.2) is 41.4 Å². The number of carbonyl (C=O) groups is 1. The van der Waals surface area contributed by atoms with Crippen LogP contribution >= 0.6 is 11.3 Å². The number of methoxy groups -OCH3 is 2. The number of benzene rings is 2. The lowest BCUT2D eigenvalue weighted by Crippen LogP contribution is -2.17. The minimum Gasteiger partial charge on any atom is -0.497 e. The van der Waals surface area contributed by atoms with Crippen molar-refractivity contribution in [2.45, 2.75) is 40.7 Å². The first-order valence-electron chi connectivity index (χ1n) is 10.0. The van der Waals surface area contributed by atoms with E-state index in [9.17, 15) is 4.79 Å². The second-order valence-electron chi connectivity index (χ2n) is 7.07. The van der Waals surface area contributed by atoms with E-state index < -0.39 is 0 Å². The van der Waals surface area contributed by atoms with Crippen molar-refractivity contribution in [2.24, 2.45) is 4.99 Å². The molecule has 2 aromatic carbocycles. The minimum absolute atomic E-state index is 0.315. The van der Waals surface area contributed by atoms with Crippen LogP contribution in [0.2, 0.25) is 0 Å². The molecule has 1 amide bonds. The molecule has 0 saturated carbocycles. The predicted octanol–water partition coefficient (Wildman–Crippen LogP) is 5.17. The molecule has 158 valence electrons. The maximum Gasteiger partial charge on any atom is 0.279 e. The zero-order chi connectivity index (χ0) is 21.8. The molecule has 0 unspecified atom stereocenters. The molecule has 1 aromatic heterocycles. The molecular weight excluding hydrogens is 396 g/mol. The number of hydrogen-bond acceptors (Lipinski definition) is 4. The average molecular weight is 425 g/mol. The summed E-state index contributed by atoms with van der Waals surface area (Å²) in [5, 5.41) is 0. The van der Waals surface area contributed by atoms with Crippen LogP contribution in [-0.4, -0.2) is 24.7 Å². The Bertz CT molecular complexity index is 1120. The van der Waals surface area contributed by atoms with Crippen LogP contribution in [-0.2, 0) is 13.0 Å². The Morgan fingerprint density at radius 1 is 1.00 bits per heavy atom. The smallest absolute Gasteiger partial charge is 0.279 e. The van der Waals surface area contributed by atoms with Gasteiger partial charge in [0.1, 0.15) is 11.5 Å². The van der Waals surface area contributed by atoms with Crippen LogP contribution in [0, 0.1) is 13.8 Å². The van der Waals surface area contributed by atoms with E-state index in [1.807, 2.05) is 0 Å². The van der Waals surface area contributed by atoms with E-state index in [2.05, 4.69) is 55.5 Å². The van der Waals surface area contributed by atoms with Gasteiger partial charge < -0.3 is 14.0 Å². The molecule has 0 bridgehead atoms. The lowest BCUT2D eigenvalue weighted by atomic mass is 10.0. The molecule has 0 spiro atoms. The van der Waals surface area contributed by atoms with E-state index in [0.717, 1.165) is 24.2 Å². The molecule has 0 fully saturated rings.